The molecule has 0 fully saturated rings. The molecule has 0 spiro atoms. The van der Waals surface area contributed by atoms with Crippen LogP contribution in [-0.2, 0) is 10.1 Å². The van der Waals surface area contributed by atoms with Crippen LogP contribution in [0.3, 0.4) is 0 Å². The predicted octanol–water partition coefficient (Wildman–Crippen LogP) is -3.05. The zero-order chi connectivity index (χ0) is 7.49. The van der Waals surface area contributed by atoms with Crippen LogP contribution < -0.4 is 29.6 Å². The molecule has 5 heteroatoms. The second-order valence-electron chi connectivity index (χ2n) is 1.56. The molecule has 1 atom stereocenters. The first-order valence-electron chi connectivity index (χ1n) is 2.43. The van der Waals surface area contributed by atoms with Crippen LogP contribution >= 0.6 is 0 Å². The van der Waals surface area contributed by atoms with Gasteiger partial charge in [0.25, 0.3) is 0 Å². The summed E-state index contributed by atoms with van der Waals surface area (Å²) in [4.78, 5) is 0. The van der Waals surface area contributed by atoms with Crippen LogP contribution in [0.2, 0.25) is 0 Å². The van der Waals surface area contributed by atoms with Crippen molar-refractivity contribution >= 4 is 10.1 Å². The van der Waals surface area contributed by atoms with Crippen molar-refractivity contribution in [2.75, 3.05) is 0 Å². The first kappa shape index (κ1) is 13.1. The van der Waals surface area contributed by atoms with Crippen molar-refractivity contribution in [2.45, 2.75) is 18.6 Å². The van der Waals surface area contributed by atoms with Gasteiger partial charge in [-0.15, -0.1) is 6.42 Å². The molecule has 0 aliphatic heterocycles. The predicted molar refractivity (Wildman–Crippen MR) is 32.6 cm³/mol. The summed E-state index contributed by atoms with van der Waals surface area (Å²) in [6.45, 7) is 1.56. The van der Waals surface area contributed by atoms with Crippen LogP contribution in [0, 0.1) is 12.3 Å². The van der Waals surface area contributed by atoms with Gasteiger partial charge < -0.3 is 4.55 Å². The van der Waals surface area contributed by atoms with E-state index in [4.69, 9.17) is 6.42 Å². The molecule has 0 saturated heterocycles. The molecule has 10 heavy (non-hydrogen) atoms. The Bertz CT molecular complexity index is 214. The average Bonchev–Trinajstić information content (AvgIpc) is 1.65. The molecule has 52 valence electrons. The van der Waals surface area contributed by atoms with Gasteiger partial charge in [-0.1, -0.05) is 12.8 Å². The van der Waals surface area contributed by atoms with Gasteiger partial charge in [0.15, 0.2) is 0 Å². The summed E-state index contributed by atoms with van der Waals surface area (Å²) in [7, 11) is -4.25. The Balaban J connectivity index is 0. The normalized spacial score (nSPS) is 12.9. The first-order chi connectivity index (χ1) is 4.02. The van der Waals surface area contributed by atoms with Crippen LogP contribution in [0.15, 0.2) is 0 Å². The number of rotatable bonds is 2. The van der Waals surface area contributed by atoms with Crippen molar-refractivity contribution in [3.63, 3.8) is 0 Å². The zero-order valence-corrected chi connectivity index (χ0v) is 8.81. The summed E-state index contributed by atoms with van der Waals surface area (Å²) < 4.78 is 30.3. The fourth-order valence-electron chi connectivity index (χ4n) is 0.405. The molecule has 3 nitrogen and oxygen atoms in total. The van der Waals surface area contributed by atoms with E-state index in [1.54, 1.807) is 6.92 Å². The fourth-order valence-corrected chi connectivity index (χ4v) is 0.980. The van der Waals surface area contributed by atoms with Crippen LogP contribution in [0.1, 0.15) is 13.3 Å². The van der Waals surface area contributed by atoms with Gasteiger partial charge in [-0.3, -0.25) is 0 Å². The third kappa shape index (κ3) is 4.31. The molecule has 0 N–H and O–H groups in total. The third-order valence-electron chi connectivity index (χ3n) is 0.905. The zero-order valence-electron chi connectivity index (χ0n) is 5.99. The summed E-state index contributed by atoms with van der Waals surface area (Å²) in [6.07, 6.45) is 4.92. The quantitative estimate of drug-likeness (QED) is 0.251. The minimum absolute atomic E-state index is 0. The van der Waals surface area contributed by atoms with Gasteiger partial charge in [0.2, 0.25) is 0 Å². The standard InChI is InChI=1S/C5H8O3S.Na/c1-3-5(4-2)9(6,7)8;/h1,5H,4H2,2H3,(H,6,7,8);/q;+1/p-1. The van der Waals surface area contributed by atoms with Crippen molar-refractivity contribution in [2.24, 2.45) is 0 Å². The minimum atomic E-state index is -4.25. The van der Waals surface area contributed by atoms with Gasteiger partial charge >= 0.3 is 29.6 Å². The maximum absolute atomic E-state index is 10.1. The summed E-state index contributed by atoms with van der Waals surface area (Å²) in [6, 6.07) is 0. The van der Waals surface area contributed by atoms with Gasteiger partial charge in [0, 0.05) is 0 Å². The smallest absolute Gasteiger partial charge is 0.747 e. The van der Waals surface area contributed by atoms with Gasteiger partial charge in [-0.05, 0) is 6.42 Å². The van der Waals surface area contributed by atoms with Crippen LogP contribution in [-0.4, -0.2) is 18.2 Å². The Morgan fingerprint density at radius 1 is 1.70 bits per heavy atom. The topological polar surface area (TPSA) is 57.2 Å². The molecule has 0 aliphatic rings. The monoisotopic (exact) mass is 170 g/mol. The SMILES string of the molecule is C#CC(CC)S(=O)(=O)[O-].[Na+]. The van der Waals surface area contributed by atoms with Crippen molar-refractivity contribution < 1.29 is 42.5 Å². The summed E-state index contributed by atoms with van der Waals surface area (Å²) in [5, 5.41) is -1.16. The van der Waals surface area contributed by atoms with Crippen molar-refractivity contribution in [3.05, 3.63) is 0 Å². The second-order valence-corrected chi connectivity index (χ2v) is 3.11. The minimum Gasteiger partial charge on any atom is -0.747 e. The van der Waals surface area contributed by atoms with E-state index in [2.05, 4.69) is 0 Å². The Morgan fingerprint density at radius 3 is 2.10 bits per heavy atom. The Labute approximate surface area is 83.2 Å². The number of terminal acetylenes is 1. The molecule has 0 aromatic heterocycles. The van der Waals surface area contributed by atoms with Crippen molar-refractivity contribution in [1.82, 2.24) is 0 Å². The van der Waals surface area contributed by atoms with E-state index < -0.39 is 15.4 Å². The van der Waals surface area contributed by atoms with E-state index in [0.717, 1.165) is 0 Å². The summed E-state index contributed by atoms with van der Waals surface area (Å²) >= 11 is 0. The summed E-state index contributed by atoms with van der Waals surface area (Å²) in [5.41, 5.74) is 0. The fraction of sp³-hybridized carbons (Fsp3) is 0.600. The molecule has 0 bridgehead atoms. The Hall–Kier alpha value is 0.470. The molecule has 0 saturated carbocycles. The van der Waals surface area contributed by atoms with Crippen molar-refractivity contribution in [1.29, 1.82) is 0 Å². The second kappa shape index (κ2) is 5.16. The molecule has 0 amide bonds. The van der Waals surface area contributed by atoms with E-state index in [9.17, 15) is 13.0 Å². The number of hydrogen-bond acceptors (Lipinski definition) is 3. The van der Waals surface area contributed by atoms with Gasteiger partial charge in [-0.2, -0.15) is 0 Å². The first-order valence-corrected chi connectivity index (χ1v) is 3.90. The van der Waals surface area contributed by atoms with E-state index in [-0.39, 0.29) is 36.0 Å². The van der Waals surface area contributed by atoms with Crippen LogP contribution in [0.4, 0.5) is 0 Å². The molecule has 0 rings (SSSR count). The third-order valence-corrected chi connectivity index (χ3v) is 2.07. The maximum Gasteiger partial charge on any atom is 1.00 e. The summed E-state index contributed by atoms with van der Waals surface area (Å²) in [5.74, 6) is 1.89. The Kier molecular flexibility index (Phi) is 6.76. The molecule has 0 aliphatic carbocycles. The maximum atomic E-state index is 10.1. The van der Waals surface area contributed by atoms with Gasteiger partial charge in [-0.25, -0.2) is 8.42 Å². The average molecular weight is 170 g/mol. The molecular weight excluding hydrogens is 163 g/mol. The number of hydrogen-bond donors (Lipinski definition) is 0. The van der Waals surface area contributed by atoms with E-state index in [1.807, 2.05) is 5.92 Å². The van der Waals surface area contributed by atoms with Crippen molar-refractivity contribution in [3.8, 4) is 12.3 Å². The van der Waals surface area contributed by atoms with Crippen LogP contribution in [0.25, 0.3) is 0 Å². The molecule has 0 radical (unpaired) electrons. The van der Waals surface area contributed by atoms with E-state index >= 15 is 0 Å². The Morgan fingerprint density at radius 2 is 2.10 bits per heavy atom. The van der Waals surface area contributed by atoms with Gasteiger partial charge in [0.05, 0.1) is 0 Å². The largest absolute Gasteiger partial charge is 1.00 e. The van der Waals surface area contributed by atoms with Gasteiger partial charge in [0.1, 0.15) is 15.4 Å². The van der Waals surface area contributed by atoms with E-state index in [0.29, 0.717) is 0 Å². The molecule has 1 unspecified atom stereocenters. The van der Waals surface area contributed by atoms with Crippen LogP contribution in [0.5, 0.6) is 0 Å². The molecule has 0 aromatic rings. The van der Waals surface area contributed by atoms with E-state index in [1.165, 1.54) is 0 Å². The molecule has 0 aromatic carbocycles. The molecular formula is C5H7NaO3S. The molecule has 0 heterocycles.